The fourth-order valence-electron chi connectivity index (χ4n) is 1.72. The number of urea groups is 1. The van der Waals surface area contributed by atoms with Crippen LogP contribution in [-0.2, 0) is 12.1 Å². The summed E-state index contributed by atoms with van der Waals surface area (Å²) in [5, 5.41) is 17.4. The van der Waals surface area contributed by atoms with Gasteiger partial charge in [-0.05, 0) is 24.6 Å². The quantitative estimate of drug-likeness (QED) is 0.791. The predicted octanol–water partition coefficient (Wildman–Crippen LogP) is 1.99. The fourth-order valence-corrected chi connectivity index (χ4v) is 2.28. The number of carbonyl (C=O) groups is 1. The van der Waals surface area contributed by atoms with E-state index in [0.717, 1.165) is 5.69 Å². The number of hydrogen-bond donors (Lipinski definition) is 3. The average Bonchev–Trinajstić information content (AvgIpc) is 2.97. The van der Waals surface area contributed by atoms with Crippen LogP contribution in [0.15, 0.2) is 35.2 Å². The number of aromatic nitrogens is 1. The fraction of sp³-hybridized carbons (Fsp3) is 0.286. The van der Waals surface area contributed by atoms with Crippen LogP contribution in [0.25, 0.3) is 0 Å². The van der Waals surface area contributed by atoms with Crippen LogP contribution in [0, 0.1) is 5.82 Å². The standard InChI is InChI=1S/C14H16FN3O2S/c1-14(20,10-2-4-11(15)5-3-10)8-17-13(19)16-6-12-7-21-9-18-12/h2-5,7,9,20H,6,8H2,1H3,(H2,16,17,19). The van der Waals surface area contributed by atoms with Gasteiger partial charge in [-0.1, -0.05) is 12.1 Å². The van der Waals surface area contributed by atoms with Crippen LogP contribution in [-0.4, -0.2) is 22.7 Å². The third-order valence-corrected chi connectivity index (χ3v) is 3.61. The number of benzene rings is 1. The minimum Gasteiger partial charge on any atom is -0.384 e. The minimum absolute atomic E-state index is 0.0154. The number of thiazole rings is 1. The summed E-state index contributed by atoms with van der Waals surface area (Å²) in [6.07, 6.45) is 0. The smallest absolute Gasteiger partial charge is 0.315 e. The second-order valence-electron chi connectivity index (χ2n) is 4.80. The lowest BCUT2D eigenvalue weighted by Gasteiger charge is -2.24. The molecule has 1 heterocycles. The zero-order chi connectivity index (χ0) is 15.3. The molecule has 7 heteroatoms. The van der Waals surface area contributed by atoms with Crippen molar-refractivity contribution in [2.45, 2.75) is 19.1 Å². The molecular formula is C14H16FN3O2S. The molecule has 1 atom stereocenters. The van der Waals surface area contributed by atoms with E-state index in [9.17, 15) is 14.3 Å². The van der Waals surface area contributed by atoms with Crippen LogP contribution in [0.1, 0.15) is 18.2 Å². The molecule has 2 amide bonds. The molecule has 21 heavy (non-hydrogen) atoms. The first-order valence-corrected chi connectivity index (χ1v) is 7.29. The SMILES string of the molecule is CC(O)(CNC(=O)NCc1cscn1)c1ccc(F)cc1. The lowest BCUT2D eigenvalue weighted by atomic mass is 9.96. The summed E-state index contributed by atoms with van der Waals surface area (Å²) in [5.74, 6) is -0.372. The van der Waals surface area contributed by atoms with E-state index >= 15 is 0 Å². The van der Waals surface area contributed by atoms with Crippen molar-refractivity contribution in [1.29, 1.82) is 0 Å². The van der Waals surface area contributed by atoms with Crippen molar-refractivity contribution < 1.29 is 14.3 Å². The number of carbonyl (C=O) groups excluding carboxylic acids is 1. The molecule has 0 saturated carbocycles. The van der Waals surface area contributed by atoms with Crippen molar-refractivity contribution in [2.75, 3.05) is 6.54 Å². The van der Waals surface area contributed by atoms with Gasteiger partial charge in [-0.25, -0.2) is 14.2 Å². The normalized spacial score (nSPS) is 13.5. The first-order valence-electron chi connectivity index (χ1n) is 6.34. The third kappa shape index (κ3) is 4.51. The third-order valence-electron chi connectivity index (χ3n) is 2.97. The predicted molar refractivity (Wildman–Crippen MR) is 78.3 cm³/mol. The summed E-state index contributed by atoms with van der Waals surface area (Å²) < 4.78 is 12.9. The van der Waals surface area contributed by atoms with E-state index in [0.29, 0.717) is 12.1 Å². The summed E-state index contributed by atoms with van der Waals surface area (Å²) in [7, 11) is 0. The maximum Gasteiger partial charge on any atom is 0.315 e. The van der Waals surface area contributed by atoms with Crippen LogP contribution >= 0.6 is 11.3 Å². The largest absolute Gasteiger partial charge is 0.384 e. The lowest BCUT2D eigenvalue weighted by Crippen LogP contribution is -2.43. The minimum atomic E-state index is -1.27. The first-order chi connectivity index (χ1) is 9.97. The Morgan fingerprint density at radius 1 is 1.38 bits per heavy atom. The lowest BCUT2D eigenvalue weighted by molar-refractivity contribution is 0.0593. The molecule has 1 unspecified atom stereocenters. The van der Waals surface area contributed by atoms with E-state index in [1.54, 1.807) is 12.4 Å². The Morgan fingerprint density at radius 2 is 2.10 bits per heavy atom. The van der Waals surface area contributed by atoms with Gasteiger partial charge in [0.05, 0.1) is 24.3 Å². The van der Waals surface area contributed by atoms with Gasteiger partial charge in [-0.3, -0.25) is 0 Å². The van der Waals surface area contributed by atoms with Crippen LogP contribution in [0.3, 0.4) is 0 Å². The first kappa shape index (κ1) is 15.4. The van der Waals surface area contributed by atoms with Crippen molar-refractivity contribution in [3.05, 3.63) is 52.2 Å². The molecule has 0 aliphatic rings. The van der Waals surface area contributed by atoms with Crippen molar-refractivity contribution in [3.8, 4) is 0 Å². The molecule has 2 aromatic rings. The van der Waals surface area contributed by atoms with Crippen molar-refractivity contribution in [1.82, 2.24) is 15.6 Å². The number of amides is 2. The highest BCUT2D eigenvalue weighted by molar-refractivity contribution is 7.07. The van der Waals surface area contributed by atoms with Gasteiger partial charge < -0.3 is 15.7 Å². The molecular weight excluding hydrogens is 293 g/mol. The summed E-state index contributed by atoms with van der Waals surface area (Å²) in [4.78, 5) is 15.7. The molecule has 0 bridgehead atoms. The summed E-state index contributed by atoms with van der Waals surface area (Å²) >= 11 is 1.45. The zero-order valence-electron chi connectivity index (χ0n) is 11.5. The van der Waals surface area contributed by atoms with Gasteiger partial charge in [-0.2, -0.15) is 0 Å². The molecule has 0 aliphatic carbocycles. The Kier molecular flexibility index (Phi) is 4.87. The van der Waals surface area contributed by atoms with E-state index < -0.39 is 11.6 Å². The average molecular weight is 309 g/mol. The summed E-state index contributed by atoms with van der Waals surface area (Å²) in [6, 6.07) is 5.12. The van der Waals surface area contributed by atoms with Crippen molar-refractivity contribution in [3.63, 3.8) is 0 Å². The van der Waals surface area contributed by atoms with Gasteiger partial charge in [0.2, 0.25) is 0 Å². The molecule has 5 nitrogen and oxygen atoms in total. The van der Waals surface area contributed by atoms with Gasteiger partial charge in [0.15, 0.2) is 0 Å². The highest BCUT2D eigenvalue weighted by Crippen LogP contribution is 2.19. The number of rotatable bonds is 5. The van der Waals surface area contributed by atoms with Crippen molar-refractivity contribution in [2.24, 2.45) is 0 Å². The van der Waals surface area contributed by atoms with Gasteiger partial charge in [0.1, 0.15) is 11.4 Å². The molecule has 1 aromatic heterocycles. The van der Waals surface area contributed by atoms with Crippen molar-refractivity contribution >= 4 is 17.4 Å². The second-order valence-corrected chi connectivity index (χ2v) is 5.52. The maximum absolute atomic E-state index is 12.9. The number of halogens is 1. The van der Waals surface area contributed by atoms with E-state index in [-0.39, 0.29) is 12.4 Å². The Morgan fingerprint density at radius 3 is 2.71 bits per heavy atom. The van der Waals surface area contributed by atoms with Crippen LogP contribution in [0.5, 0.6) is 0 Å². The molecule has 112 valence electrons. The molecule has 0 spiro atoms. The number of aliphatic hydroxyl groups is 1. The Bertz CT molecular complexity index is 585. The highest BCUT2D eigenvalue weighted by Gasteiger charge is 2.23. The van der Waals surface area contributed by atoms with Gasteiger partial charge in [-0.15, -0.1) is 11.3 Å². The van der Waals surface area contributed by atoms with E-state index in [1.807, 2.05) is 5.38 Å². The Hall–Kier alpha value is -1.99. The monoisotopic (exact) mass is 309 g/mol. The number of nitrogens with zero attached hydrogens (tertiary/aromatic N) is 1. The maximum atomic E-state index is 12.9. The molecule has 0 saturated heterocycles. The van der Waals surface area contributed by atoms with E-state index in [1.165, 1.54) is 35.6 Å². The molecule has 0 radical (unpaired) electrons. The summed E-state index contributed by atoms with van der Waals surface area (Å²) in [5.41, 5.74) is 1.73. The zero-order valence-corrected chi connectivity index (χ0v) is 12.3. The molecule has 0 fully saturated rings. The van der Waals surface area contributed by atoms with Gasteiger partial charge in [0.25, 0.3) is 0 Å². The molecule has 0 aliphatic heterocycles. The van der Waals surface area contributed by atoms with E-state index in [4.69, 9.17) is 0 Å². The topological polar surface area (TPSA) is 74.2 Å². The summed E-state index contributed by atoms with van der Waals surface area (Å²) in [6.45, 7) is 1.90. The van der Waals surface area contributed by atoms with Gasteiger partial charge in [0, 0.05) is 5.38 Å². The number of hydrogen-bond acceptors (Lipinski definition) is 4. The molecule has 2 rings (SSSR count). The van der Waals surface area contributed by atoms with Crippen LogP contribution in [0.4, 0.5) is 9.18 Å². The van der Waals surface area contributed by atoms with Crippen LogP contribution in [0.2, 0.25) is 0 Å². The van der Waals surface area contributed by atoms with Crippen LogP contribution < -0.4 is 10.6 Å². The Balaban J connectivity index is 1.83. The molecule has 1 aromatic carbocycles. The Labute approximate surface area is 125 Å². The second kappa shape index (κ2) is 6.64. The van der Waals surface area contributed by atoms with Gasteiger partial charge >= 0.3 is 6.03 Å². The van der Waals surface area contributed by atoms with E-state index in [2.05, 4.69) is 15.6 Å². The number of nitrogens with one attached hydrogen (secondary N) is 2. The molecule has 3 N–H and O–H groups in total. The highest BCUT2D eigenvalue weighted by atomic mass is 32.1.